The van der Waals surface area contributed by atoms with Crippen LogP contribution in [0.5, 0.6) is 0 Å². The van der Waals surface area contributed by atoms with Crippen molar-refractivity contribution in [1.29, 1.82) is 0 Å². The lowest BCUT2D eigenvalue weighted by molar-refractivity contribution is -0.122. The molecular weight excluding hydrogens is 378 g/mol. The summed E-state index contributed by atoms with van der Waals surface area (Å²) in [5.41, 5.74) is 3.34. The zero-order valence-electron chi connectivity index (χ0n) is 17.2. The molecule has 2 N–H and O–H groups in total. The molecule has 0 bridgehead atoms. The van der Waals surface area contributed by atoms with Crippen LogP contribution in [-0.4, -0.2) is 26.4 Å². The molecule has 4 rings (SSSR count). The molecule has 0 unspecified atom stereocenters. The minimum atomic E-state index is -0.00210. The van der Waals surface area contributed by atoms with Gasteiger partial charge in [0.1, 0.15) is 0 Å². The second-order valence-electron chi connectivity index (χ2n) is 7.83. The fraction of sp³-hybridized carbons (Fsp3) is 0.391. The SMILES string of the molecule is CCCCCC(=O)Nc1ccc(-c2cccn3nc(NC(=O)C4CCC4)nc23)cc1. The highest BCUT2D eigenvalue weighted by molar-refractivity contribution is 5.92. The van der Waals surface area contributed by atoms with E-state index >= 15 is 0 Å². The Morgan fingerprint density at radius 2 is 1.90 bits per heavy atom. The quantitative estimate of drug-likeness (QED) is 0.534. The summed E-state index contributed by atoms with van der Waals surface area (Å²) in [6.45, 7) is 2.12. The highest BCUT2D eigenvalue weighted by Gasteiger charge is 2.26. The number of fused-ring (bicyclic) bond motifs is 1. The van der Waals surface area contributed by atoms with Gasteiger partial charge in [-0.3, -0.25) is 14.9 Å². The Balaban J connectivity index is 1.48. The van der Waals surface area contributed by atoms with E-state index in [2.05, 4.69) is 27.6 Å². The lowest BCUT2D eigenvalue weighted by Crippen LogP contribution is -2.28. The largest absolute Gasteiger partial charge is 0.326 e. The van der Waals surface area contributed by atoms with Gasteiger partial charge in [0.25, 0.3) is 0 Å². The van der Waals surface area contributed by atoms with Crippen molar-refractivity contribution >= 4 is 29.1 Å². The molecule has 0 aliphatic heterocycles. The molecule has 1 aliphatic carbocycles. The molecule has 1 aliphatic rings. The first-order valence-corrected chi connectivity index (χ1v) is 10.7. The Labute approximate surface area is 175 Å². The number of carbonyl (C=O) groups excluding carboxylic acids is 2. The Hall–Kier alpha value is -3.22. The van der Waals surface area contributed by atoms with Crippen molar-refractivity contribution in [3.05, 3.63) is 42.6 Å². The fourth-order valence-electron chi connectivity index (χ4n) is 3.56. The molecule has 1 fully saturated rings. The number of rotatable bonds is 8. The summed E-state index contributed by atoms with van der Waals surface area (Å²) in [5.74, 6) is 0.455. The Bertz CT molecular complexity index is 1040. The van der Waals surface area contributed by atoms with Crippen molar-refractivity contribution in [2.24, 2.45) is 5.92 Å². The number of amides is 2. The Kier molecular flexibility index (Phi) is 6.07. The van der Waals surface area contributed by atoms with Gasteiger partial charge in [0.15, 0.2) is 5.65 Å². The number of unbranched alkanes of at least 4 members (excludes halogenated alkanes) is 2. The summed E-state index contributed by atoms with van der Waals surface area (Å²) < 4.78 is 1.68. The van der Waals surface area contributed by atoms with Crippen molar-refractivity contribution in [2.75, 3.05) is 10.6 Å². The fourth-order valence-corrected chi connectivity index (χ4v) is 3.56. The molecule has 2 heterocycles. The van der Waals surface area contributed by atoms with Gasteiger partial charge in [-0.05, 0) is 49.1 Å². The van der Waals surface area contributed by atoms with Crippen molar-refractivity contribution in [2.45, 2.75) is 51.9 Å². The third-order valence-electron chi connectivity index (χ3n) is 5.56. The predicted molar refractivity (Wildman–Crippen MR) is 117 cm³/mol. The van der Waals surface area contributed by atoms with E-state index in [0.717, 1.165) is 55.3 Å². The van der Waals surface area contributed by atoms with Crippen LogP contribution in [0.4, 0.5) is 11.6 Å². The lowest BCUT2D eigenvalue weighted by Gasteiger charge is -2.22. The Morgan fingerprint density at radius 3 is 2.60 bits per heavy atom. The summed E-state index contributed by atoms with van der Waals surface area (Å²) in [6, 6.07) is 11.6. The molecule has 1 aromatic carbocycles. The summed E-state index contributed by atoms with van der Waals surface area (Å²) in [4.78, 5) is 28.7. The highest BCUT2D eigenvalue weighted by Crippen LogP contribution is 2.28. The number of pyridine rings is 1. The number of hydrogen-bond donors (Lipinski definition) is 2. The number of anilines is 2. The van der Waals surface area contributed by atoms with Crippen LogP contribution in [0.1, 0.15) is 51.9 Å². The molecule has 2 aromatic heterocycles. The molecule has 1 saturated carbocycles. The third kappa shape index (κ3) is 4.50. The van der Waals surface area contributed by atoms with E-state index in [0.29, 0.717) is 18.0 Å². The molecular formula is C23H27N5O2. The van der Waals surface area contributed by atoms with E-state index in [1.54, 1.807) is 4.52 Å². The maximum atomic E-state index is 12.2. The normalized spacial score (nSPS) is 13.8. The van der Waals surface area contributed by atoms with Gasteiger partial charge in [-0.25, -0.2) is 4.52 Å². The van der Waals surface area contributed by atoms with Crippen LogP contribution in [0.3, 0.4) is 0 Å². The second kappa shape index (κ2) is 9.07. The van der Waals surface area contributed by atoms with Gasteiger partial charge in [0.05, 0.1) is 0 Å². The second-order valence-corrected chi connectivity index (χ2v) is 7.83. The summed E-state index contributed by atoms with van der Waals surface area (Å²) in [5, 5.41) is 10.2. The van der Waals surface area contributed by atoms with Gasteiger partial charge >= 0.3 is 0 Å². The molecule has 7 heteroatoms. The van der Waals surface area contributed by atoms with Crippen molar-refractivity contribution in [3.63, 3.8) is 0 Å². The number of hydrogen-bond acceptors (Lipinski definition) is 4. The number of nitrogens with zero attached hydrogens (tertiary/aromatic N) is 3. The molecule has 3 aromatic rings. The van der Waals surface area contributed by atoms with E-state index < -0.39 is 0 Å². The van der Waals surface area contributed by atoms with Crippen molar-refractivity contribution in [3.8, 4) is 11.1 Å². The minimum Gasteiger partial charge on any atom is -0.326 e. The number of nitrogens with one attached hydrogen (secondary N) is 2. The molecule has 7 nitrogen and oxygen atoms in total. The summed E-state index contributed by atoms with van der Waals surface area (Å²) in [7, 11) is 0. The topological polar surface area (TPSA) is 88.4 Å². The first-order valence-electron chi connectivity index (χ1n) is 10.7. The molecule has 2 amide bonds. The minimum absolute atomic E-state index is 0.00210. The number of aromatic nitrogens is 3. The van der Waals surface area contributed by atoms with Crippen LogP contribution in [0.2, 0.25) is 0 Å². The lowest BCUT2D eigenvalue weighted by atomic mass is 9.85. The maximum Gasteiger partial charge on any atom is 0.249 e. The first kappa shape index (κ1) is 20.1. The molecule has 156 valence electrons. The monoisotopic (exact) mass is 405 g/mol. The van der Waals surface area contributed by atoms with E-state index in [1.165, 1.54) is 0 Å². The maximum absolute atomic E-state index is 12.2. The van der Waals surface area contributed by atoms with E-state index in [4.69, 9.17) is 0 Å². The number of benzene rings is 1. The van der Waals surface area contributed by atoms with E-state index in [1.807, 2.05) is 42.6 Å². The highest BCUT2D eigenvalue weighted by atomic mass is 16.2. The molecule has 0 spiro atoms. The average molecular weight is 406 g/mol. The van der Waals surface area contributed by atoms with Gasteiger partial charge in [-0.2, -0.15) is 4.98 Å². The van der Waals surface area contributed by atoms with E-state index in [9.17, 15) is 9.59 Å². The summed E-state index contributed by atoms with van der Waals surface area (Å²) in [6.07, 6.45) is 8.42. The molecule has 0 radical (unpaired) electrons. The predicted octanol–water partition coefficient (Wildman–Crippen LogP) is 4.65. The van der Waals surface area contributed by atoms with Crippen LogP contribution in [0.25, 0.3) is 16.8 Å². The summed E-state index contributed by atoms with van der Waals surface area (Å²) >= 11 is 0. The number of carbonyl (C=O) groups is 2. The van der Waals surface area contributed by atoms with Crippen LogP contribution in [0, 0.1) is 5.92 Å². The van der Waals surface area contributed by atoms with Gasteiger partial charge in [-0.1, -0.05) is 38.3 Å². The van der Waals surface area contributed by atoms with Crippen molar-refractivity contribution in [1.82, 2.24) is 14.6 Å². The molecule has 0 saturated heterocycles. The van der Waals surface area contributed by atoms with Crippen LogP contribution < -0.4 is 10.6 Å². The van der Waals surface area contributed by atoms with Gasteiger partial charge in [0.2, 0.25) is 17.8 Å². The van der Waals surface area contributed by atoms with Gasteiger partial charge < -0.3 is 5.32 Å². The third-order valence-corrected chi connectivity index (χ3v) is 5.56. The standard InChI is InChI=1S/C23H27N5O2/c1-2-3-4-10-20(29)24-18-13-11-16(12-14-18)19-9-6-15-28-21(19)25-23(27-28)26-22(30)17-7-5-8-17/h6,9,11-15,17H,2-5,7-8,10H2,1H3,(H,24,29)(H,26,27,30). The van der Waals surface area contributed by atoms with E-state index in [-0.39, 0.29) is 17.7 Å². The molecule has 30 heavy (non-hydrogen) atoms. The Morgan fingerprint density at radius 1 is 1.10 bits per heavy atom. The average Bonchev–Trinajstić information content (AvgIpc) is 3.09. The van der Waals surface area contributed by atoms with Crippen LogP contribution in [0.15, 0.2) is 42.6 Å². The zero-order chi connectivity index (χ0) is 20.9. The van der Waals surface area contributed by atoms with Crippen LogP contribution in [-0.2, 0) is 9.59 Å². The molecule has 0 atom stereocenters. The first-order chi connectivity index (χ1) is 14.6. The smallest absolute Gasteiger partial charge is 0.249 e. The van der Waals surface area contributed by atoms with Gasteiger partial charge in [0, 0.05) is 29.8 Å². The van der Waals surface area contributed by atoms with Gasteiger partial charge in [-0.15, -0.1) is 5.10 Å². The zero-order valence-corrected chi connectivity index (χ0v) is 17.2. The van der Waals surface area contributed by atoms with Crippen LogP contribution >= 0.6 is 0 Å². The van der Waals surface area contributed by atoms with Crippen molar-refractivity contribution < 1.29 is 9.59 Å².